The molecule has 2 unspecified atom stereocenters. The van der Waals surface area contributed by atoms with E-state index in [1.165, 1.54) is 18.2 Å². The molecule has 0 amide bonds. The Balaban J connectivity index is 3.00. The summed E-state index contributed by atoms with van der Waals surface area (Å²) in [5.74, 6) is -1.03. The quantitative estimate of drug-likeness (QED) is 0.513. The molecule has 1 N–H and O–H groups in total. The molecule has 0 bridgehead atoms. The Morgan fingerprint density at radius 3 is 2.56 bits per heavy atom. The van der Waals surface area contributed by atoms with Crippen LogP contribution in [0.1, 0.15) is 10.4 Å². The first kappa shape index (κ1) is 13.1. The van der Waals surface area contributed by atoms with Crippen LogP contribution in [0.3, 0.4) is 0 Å². The number of hydrogen-bond acceptors (Lipinski definition) is 3. The summed E-state index contributed by atoms with van der Waals surface area (Å²) in [5.41, 5.74) is 0.477. The van der Waals surface area contributed by atoms with Gasteiger partial charge in [0, 0.05) is 12.1 Å². The zero-order valence-electron chi connectivity index (χ0n) is 7.84. The van der Waals surface area contributed by atoms with Gasteiger partial charge in [0.15, 0.2) is 0 Å². The second-order valence-corrected chi connectivity index (χ2v) is 4.97. The number of rotatable bonds is 4. The third-order valence-electron chi connectivity index (χ3n) is 1.89. The first-order chi connectivity index (χ1) is 7.43. The van der Waals surface area contributed by atoms with Gasteiger partial charge < -0.3 is 5.11 Å². The van der Waals surface area contributed by atoms with Crippen LogP contribution >= 0.6 is 31.9 Å². The predicted molar refractivity (Wildman–Crippen MR) is 65.1 cm³/mol. The van der Waals surface area contributed by atoms with Gasteiger partial charge in [-0.2, -0.15) is 0 Å². The van der Waals surface area contributed by atoms with Gasteiger partial charge in [-0.3, -0.25) is 14.9 Å². The van der Waals surface area contributed by atoms with Crippen LogP contribution in [0.2, 0.25) is 0 Å². The van der Waals surface area contributed by atoms with Crippen LogP contribution in [0.15, 0.2) is 24.3 Å². The number of aliphatic carboxylic acids is 1. The maximum atomic E-state index is 10.7. The number of carbonyl (C=O) groups is 1. The van der Waals surface area contributed by atoms with Crippen LogP contribution in [0, 0.1) is 10.1 Å². The SMILES string of the molecule is O=C(O)C(Br)C(Br)c1cccc([N+](=O)[O-])c1. The molecule has 86 valence electrons. The van der Waals surface area contributed by atoms with Crippen molar-refractivity contribution in [3.8, 4) is 0 Å². The van der Waals surface area contributed by atoms with Crippen LogP contribution in [-0.2, 0) is 4.79 Å². The number of carboxylic acid groups (broad SMARTS) is 1. The largest absolute Gasteiger partial charge is 0.480 e. The van der Waals surface area contributed by atoms with E-state index in [1.54, 1.807) is 6.07 Å². The van der Waals surface area contributed by atoms with E-state index in [1.807, 2.05) is 0 Å². The van der Waals surface area contributed by atoms with E-state index >= 15 is 0 Å². The summed E-state index contributed by atoms with van der Waals surface area (Å²) in [4.78, 5) is 19.4. The van der Waals surface area contributed by atoms with Gasteiger partial charge in [-0.25, -0.2) is 0 Å². The zero-order valence-corrected chi connectivity index (χ0v) is 11.0. The molecule has 0 saturated heterocycles. The number of nitrogens with zero attached hydrogens (tertiary/aromatic N) is 1. The van der Waals surface area contributed by atoms with Crippen molar-refractivity contribution in [1.82, 2.24) is 0 Å². The lowest BCUT2D eigenvalue weighted by molar-refractivity contribution is -0.384. The molecule has 0 saturated carbocycles. The van der Waals surface area contributed by atoms with Crippen LogP contribution in [-0.4, -0.2) is 20.8 Å². The van der Waals surface area contributed by atoms with Crippen molar-refractivity contribution in [1.29, 1.82) is 0 Å². The van der Waals surface area contributed by atoms with Crippen molar-refractivity contribution in [2.24, 2.45) is 0 Å². The fourth-order valence-electron chi connectivity index (χ4n) is 1.10. The minimum absolute atomic E-state index is 0.0629. The van der Waals surface area contributed by atoms with Crippen molar-refractivity contribution in [3.63, 3.8) is 0 Å². The van der Waals surface area contributed by atoms with Gasteiger partial charge >= 0.3 is 5.97 Å². The highest BCUT2D eigenvalue weighted by atomic mass is 79.9. The van der Waals surface area contributed by atoms with E-state index in [0.717, 1.165) is 0 Å². The molecule has 0 aliphatic rings. The molecular formula is C9H7Br2NO4. The third kappa shape index (κ3) is 3.02. The fourth-order valence-corrected chi connectivity index (χ4v) is 1.92. The lowest BCUT2D eigenvalue weighted by Crippen LogP contribution is -2.17. The summed E-state index contributed by atoms with van der Waals surface area (Å²) in [7, 11) is 0. The summed E-state index contributed by atoms with van der Waals surface area (Å²) in [5, 5.41) is 19.3. The molecule has 1 aromatic carbocycles. The average molecular weight is 353 g/mol. The van der Waals surface area contributed by atoms with Gasteiger partial charge in [-0.05, 0) is 5.56 Å². The van der Waals surface area contributed by atoms with Crippen LogP contribution in [0.25, 0.3) is 0 Å². The van der Waals surface area contributed by atoms with Crippen LogP contribution in [0.5, 0.6) is 0 Å². The Morgan fingerprint density at radius 1 is 1.44 bits per heavy atom. The molecule has 2 atom stereocenters. The van der Waals surface area contributed by atoms with E-state index in [2.05, 4.69) is 31.9 Å². The summed E-state index contributed by atoms with van der Waals surface area (Å²) in [6.07, 6.45) is 0. The minimum Gasteiger partial charge on any atom is -0.480 e. The second kappa shape index (κ2) is 5.40. The Hall–Kier alpha value is -0.950. The monoisotopic (exact) mass is 351 g/mol. The molecule has 16 heavy (non-hydrogen) atoms. The number of alkyl halides is 2. The smallest absolute Gasteiger partial charge is 0.318 e. The van der Waals surface area contributed by atoms with E-state index in [-0.39, 0.29) is 5.69 Å². The van der Waals surface area contributed by atoms with Crippen molar-refractivity contribution in [3.05, 3.63) is 39.9 Å². The summed E-state index contributed by atoms with van der Waals surface area (Å²) >= 11 is 6.17. The predicted octanol–water partition coefficient (Wildman–Crippen LogP) is 2.88. The number of nitro groups is 1. The number of nitro benzene ring substituents is 1. The first-order valence-corrected chi connectivity index (χ1v) is 6.02. The normalized spacial score (nSPS) is 14.1. The Bertz CT molecular complexity index is 424. The highest BCUT2D eigenvalue weighted by molar-refractivity contribution is 9.12. The number of halogens is 2. The van der Waals surface area contributed by atoms with Crippen LogP contribution in [0.4, 0.5) is 5.69 Å². The van der Waals surface area contributed by atoms with Crippen molar-refractivity contribution >= 4 is 43.5 Å². The molecule has 5 nitrogen and oxygen atoms in total. The zero-order chi connectivity index (χ0) is 12.3. The standard InChI is InChI=1S/C9H7Br2NO4/c10-7(8(11)9(13)14)5-2-1-3-6(4-5)12(15)16/h1-4,7-8H,(H,13,14). The average Bonchev–Trinajstić information content (AvgIpc) is 2.27. The third-order valence-corrected chi connectivity index (χ3v) is 4.58. The molecule has 0 radical (unpaired) electrons. The van der Waals surface area contributed by atoms with Crippen molar-refractivity contribution in [2.45, 2.75) is 9.65 Å². The topological polar surface area (TPSA) is 80.4 Å². The molecule has 0 spiro atoms. The van der Waals surface area contributed by atoms with Gasteiger partial charge in [0.25, 0.3) is 5.69 Å². The molecular weight excluding hydrogens is 346 g/mol. The number of benzene rings is 1. The number of non-ortho nitro benzene ring substituents is 1. The van der Waals surface area contributed by atoms with Crippen molar-refractivity contribution < 1.29 is 14.8 Å². The maximum absolute atomic E-state index is 10.7. The lowest BCUT2D eigenvalue weighted by Gasteiger charge is -2.12. The molecule has 0 aliphatic heterocycles. The maximum Gasteiger partial charge on any atom is 0.318 e. The Kier molecular flexibility index (Phi) is 4.43. The van der Waals surface area contributed by atoms with E-state index in [9.17, 15) is 14.9 Å². The Labute approximate surface area is 108 Å². The molecule has 0 aliphatic carbocycles. The molecule has 0 fully saturated rings. The number of hydrogen-bond donors (Lipinski definition) is 1. The first-order valence-electron chi connectivity index (χ1n) is 4.18. The van der Waals surface area contributed by atoms with Gasteiger partial charge in [-0.15, -0.1) is 0 Å². The highest BCUT2D eigenvalue weighted by Crippen LogP contribution is 2.32. The molecule has 0 heterocycles. The fraction of sp³-hybridized carbons (Fsp3) is 0.222. The molecule has 1 aromatic rings. The molecule has 7 heteroatoms. The number of carboxylic acids is 1. The van der Waals surface area contributed by atoms with Crippen molar-refractivity contribution in [2.75, 3.05) is 0 Å². The molecule has 0 aromatic heterocycles. The summed E-state index contributed by atoms with van der Waals surface area (Å²) < 4.78 is 0. The van der Waals surface area contributed by atoms with Gasteiger partial charge in [0.1, 0.15) is 4.83 Å². The summed E-state index contributed by atoms with van der Waals surface area (Å²) in [6, 6.07) is 5.84. The van der Waals surface area contributed by atoms with Crippen LogP contribution < -0.4 is 0 Å². The van der Waals surface area contributed by atoms with Gasteiger partial charge in [0.2, 0.25) is 0 Å². The van der Waals surface area contributed by atoms with E-state index in [4.69, 9.17) is 5.11 Å². The van der Waals surface area contributed by atoms with E-state index in [0.29, 0.717) is 5.56 Å². The van der Waals surface area contributed by atoms with Gasteiger partial charge in [0.05, 0.1) is 9.75 Å². The Morgan fingerprint density at radius 2 is 2.06 bits per heavy atom. The second-order valence-electron chi connectivity index (χ2n) is 2.99. The van der Waals surface area contributed by atoms with Gasteiger partial charge in [-0.1, -0.05) is 44.0 Å². The summed E-state index contributed by atoms with van der Waals surface area (Å²) in [6.45, 7) is 0. The lowest BCUT2D eigenvalue weighted by atomic mass is 10.1. The molecule has 1 rings (SSSR count). The highest BCUT2D eigenvalue weighted by Gasteiger charge is 2.25. The van der Waals surface area contributed by atoms with E-state index < -0.39 is 20.5 Å². The minimum atomic E-state index is -1.03.